The number of nitrogens with one attached hydrogen (secondary N) is 1. The van der Waals surface area contributed by atoms with Crippen molar-refractivity contribution in [3.05, 3.63) is 42.5 Å². The topological polar surface area (TPSA) is 102 Å². The monoisotopic (exact) mass is 396 g/mol. The molecule has 1 aliphatic heterocycles. The third-order valence-corrected chi connectivity index (χ3v) is 5.36. The van der Waals surface area contributed by atoms with E-state index in [0.717, 1.165) is 0 Å². The van der Waals surface area contributed by atoms with Crippen LogP contribution in [-0.4, -0.2) is 63.6 Å². The molecular formula is C18H24N2O6S. The van der Waals surface area contributed by atoms with Gasteiger partial charge in [0.25, 0.3) is 5.91 Å². The van der Waals surface area contributed by atoms with Gasteiger partial charge in [-0.1, -0.05) is 6.08 Å². The number of hydrogen-bond acceptors (Lipinski definition) is 6. The lowest BCUT2D eigenvalue weighted by molar-refractivity contribution is -0.146. The van der Waals surface area contributed by atoms with E-state index in [9.17, 15) is 18.0 Å². The van der Waals surface area contributed by atoms with Crippen molar-refractivity contribution in [2.24, 2.45) is 0 Å². The van der Waals surface area contributed by atoms with Crippen LogP contribution in [0.25, 0.3) is 0 Å². The number of esters is 1. The zero-order valence-electron chi connectivity index (χ0n) is 15.4. The third kappa shape index (κ3) is 5.88. The van der Waals surface area contributed by atoms with E-state index in [1.54, 1.807) is 4.90 Å². The lowest BCUT2D eigenvalue weighted by Crippen LogP contribution is -2.49. The average Bonchev–Trinajstić information content (AvgIpc) is 2.63. The molecule has 0 aromatic heterocycles. The van der Waals surface area contributed by atoms with E-state index >= 15 is 0 Å². The summed E-state index contributed by atoms with van der Waals surface area (Å²) in [6.45, 7) is 7.83. The highest BCUT2D eigenvalue weighted by molar-refractivity contribution is 7.89. The van der Waals surface area contributed by atoms with Crippen LogP contribution in [0, 0.1) is 0 Å². The first kappa shape index (κ1) is 21.1. The number of nitrogens with zero attached hydrogens (tertiary/aromatic N) is 1. The molecule has 2 rings (SSSR count). The van der Waals surface area contributed by atoms with E-state index in [4.69, 9.17) is 9.47 Å². The predicted molar refractivity (Wildman–Crippen MR) is 98.7 cm³/mol. The Kier molecular flexibility index (Phi) is 7.11. The van der Waals surface area contributed by atoms with E-state index in [1.165, 1.54) is 30.3 Å². The van der Waals surface area contributed by atoms with Gasteiger partial charge in [-0.3, -0.25) is 4.79 Å². The smallest absolute Gasteiger partial charge is 0.338 e. The fourth-order valence-electron chi connectivity index (χ4n) is 2.71. The lowest BCUT2D eigenvalue weighted by atomic mass is 10.2. The van der Waals surface area contributed by atoms with Crippen LogP contribution < -0.4 is 4.72 Å². The Morgan fingerprint density at radius 2 is 1.85 bits per heavy atom. The quantitative estimate of drug-likeness (QED) is 0.544. The number of amides is 1. The summed E-state index contributed by atoms with van der Waals surface area (Å²) < 4.78 is 36.9. The molecule has 148 valence electrons. The summed E-state index contributed by atoms with van der Waals surface area (Å²) in [4.78, 5) is 25.9. The van der Waals surface area contributed by atoms with Crippen molar-refractivity contribution < 1.29 is 27.5 Å². The number of morpholine rings is 1. The maximum atomic E-state index is 12.2. The van der Waals surface area contributed by atoms with Crippen molar-refractivity contribution in [3.8, 4) is 0 Å². The Labute approximate surface area is 159 Å². The lowest BCUT2D eigenvalue weighted by Gasteiger charge is -2.35. The van der Waals surface area contributed by atoms with Crippen LogP contribution in [0.5, 0.6) is 0 Å². The van der Waals surface area contributed by atoms with Crippen molar-refractivity contribution in [2.75, 3.05) is 26.2 Å². The van der Waals surface area contributed by atoms with E-state index in [-0.39, 0.29) is 41.7 Å². The summed E-state index contributed by atoms with van der Waals surface area (Å²) in [5.41, 5.74) is 0.161. The standard InChI is InChI=1S/C18H24N2O6S/c1-4-9-19-27(23,24)16-7-5-15(6-8-16)18(22)25-12-17(21)20-10-13(2)26-14(3)11-20/h4-8,13-14,19H,1,9-12H2,2-3H3/t13-,14-/m1/s1. The minimum atomic E-state index is -3.66. The van der Waals surface area contributed by atoms with Crippen molar-refractivity contribution >= 4 is 21.9 Å². The molecule has 1 aromatic carbocycles. The van der Waals surface area contributed by atoms with Crippen LogP contribution in [0.3, 0.4) is 0 Å². The molecule has 0 bridgehead atoms. The third-order valence-electron chi connectivity index (χ3n) is 3.92. The predicted octanol–water partition coefficient (Wildman–Crippen LogP) is 0.944. The zero-order valence-corrected chi connectivity index (χ0v) is 16.2. The maximum Gasteiger partial charge on any atom is 0.338 e. The van der Waals surface area contributed by atoms with Crippen LogP contribution in [-0.2, 0) is 24.3 Å². The van der Waals surface area contributed by atoms with Crippen LogP contribution >= 0.6 is 0 Å². The van der Waals surface area contributed by atoms with Crippen molar-refractivity contribution in [2.45, 2.75) is 31.0 Å². The molecule has 2 atom stereocenters. The number of carbonyl (C=O) groups is 2. The maximum absolute atomic E-state index is 12.2. The molecule has 0 spiro atoms. The van der Waals surface area contributed by atoms with Gasteiger partial charge in [0.05, 0.1) is 22.7 Å². The zero-order chi connectivity index (χ0) is 20.0. The Hall–Kier alpha value is -2.23. The Bertz CT molecular complexity index is 781. The summed E-state index contributed by atoms with van der Waals surface area (Å²) >= 11 is 0. The minimum Gasteiger partial charge on any atom is -0.452 e. The van der Waals surface area contributed by atoms with Crippen LogP contribution in [0.4, 0.5) is 0 Å². The molecule has 1 N–H and O–H groups in total. The summed E-state index contributed by atoms with van der Waals surface area (Å²) in [6.07, 6.45) is 1.28. The largest absolute Gasteiger partial charge is 0.452 e. The van der Waals surface area contributed by atoms with Crippen molar-refractivity contribution in [1.82, 2.24) is 9.62 Å². The molecule has 0 saturated carbocycles. The number of hydrogen-bond donors (Lipinski definition) is 1. The minimum absolute atomic E-state index is 0.0215. The van der Waals surface area contributed by atoms with Gasteiger partial charge in [0, 0.05) is 19.6 Å². The highest BCUT2D eigenvalue weighted by Crippen LogP contribution is 2.13. The van der Waals surface area contributed by atoms with Gasteiger partial charge in [-0.25, -0.2) is 17.9 Å². The normalized spacial score (nSPS) is 20.1. The van der Waals surface area contributed by atoms with Gasteiger partial charge < -0.3 is 14.4 Å². The van der Waals surface area contributed by atoms with Crippen molar-refractivity contribution in [3.63, 3.8) is 0 Å². The number of benzene rings is 1. The molecule has 1 heterocycles. The number of carbonyl (C=O) groups excluding carboxylic acids is 2. The first-order valence-electron chi connectivity index (χ1n) is 8.54. The van der Waals surface area contributed by atoms with Gasteiger partial charge in [0.1, 0.15) is 0 Å². The first-order chi connectivity index (χ1) is 12.7. The highest BCUT2D eigenvalue weighted by Gasteiger charge is 2.26. The van der Waals surface area contributed by atoms with Gasteiger partial charge >= 0.3 is 5.97 Å². The second-order valence-electron chi connectivity index (χ2n) is 6.30. The molecule has 9 heteroatoms. The molecule has 1 aliphatic rings. The molecule has 1 saturated heterocycles. The highest BCUT2D eigenvalue weighted by atomic mass is 32.2. The molecular weight excluding hydrogens is 372 g/mol. The SMILES string of the molecule is C=CCNS(=O)(=O)c1ccc(C(=O)OCC(=O)N2C[C@@H](C)O[C@H](C)C2)cc1. The number of ether oxygens (including phenoxy) is 2. The average molecular weight is 396 g/mol. The van der Waals surface area contributed by atoms with Crippen LogP contribution in [0.1, 0.15) is 24.2 Å². The summed E-state index contributed by atoms with van der Waals surface area (Å²) in [5.74, 6) is -0.987. The summed E-state index contributed by atoms with van der Waals surface area (Å²) in [5, 5.41) is 0. The molecule has 0 aliphatic carbocycles. The molecule has 0 radical (unpaired) electrons. The Morgan fingerprint density at radius 3 is 2.41 bits per heavy atom. The Balaban J connectivity index is 1.92. The summed E-state index contributed by atoms with van der Waals surface area (Å²) in [7, 11) is -3.66. The molecule has 8 nitrogen and oxygen atoms in total. The van der Waals surface area contributed by atoms with Gasteiger partial charge in [-0.2, -0.15) is 0 Å². The van der Waals surface area contributed by atoms with Gasteiger partial charge in [-0.15, -0.1) is 6.58 Å². The van der Waals surface area contributed by atoms with Gasteiger partial charge in [-0.05, 0) is 38.1 Å². The van der Waals surface area contributed by atoms with Gasteiger partial charge in [0.15, 0.2) is 6.61 Å². The van der Waals surface area contributed by atoms with Crippen molar-refractivity contribution in [1.29, 1.82) is 0 Å². The first-order valence-corrected chi connectivity index (χ1v) is 10.0. The Morgan fingerprint density at radius 1 is 1.26 bits per heavy atom. The van der Waals surface area contributed by atoms with E-state index in [0.29, 0.717) is 13.1 Å². The molecule has 1 aromatic rings. The molecule has 0 unspecified atom stereocenters. The number of rotatable bonds is 7. The fourth-order valence-corrected chi connectivity index (χ4v) is 3.70. The molecule has 1 amide bonds. The number of sulfonamides is 1. The van der Waals surface area contributed by atoms with E-state index in [2.05, 4.69) is 11.3 Å². The van der Waals surface area contributed by atoms with E-state index in [1.807, 2.05) is 13.8 Å². The van der Waals surface area contributed by atoms with Crippen LogP contribution in [0.2, 0.25) is 0 Å². The van der Waals surface area contributed by atoms with Crippen LogP contribution in [0.15, 0.2) is 41.8 Å². The van der Waals surface area contributed by atoms with E-state index < -0.39 is 16.0 Å². The molecule has 1 fully saturated rings. The molecule has 27 heavy (non-hydrogen) atoms. The second kappa shape index (κ2) is 9.12. The summed E-state index contributed by atoms with van der Waals surface area (Å²) in [6, 6.07) is 5.28. The second-order valence-corrected chi connectivity index (χ2v) is 8.06. The van der Waals surface area contributed by atoms with Gasteiger partial charge in [0.2, 0.25) is 10.0 Å². The fraction of sp³-hybridized carbons (Fsp3) is 0.444.